The van der Waals surface area contributed by atoms with Gasteiger partial charge in [0, 0.05) is 19.8 Å². The topological polar surface area (TPSA) is 80.2 Å². The van der Waals surface area contributed by atoms with Crippen LogP contribution in [0.2, 0.25) is 0 Å². The zero-order valence-corrected chi connectivity index (χ0v) is 13.8. The summed E-state index contributed by atoms with van der Waals surface area (Å²) in [5.41, 5.74) is 0.731. The predicted molar refractivity (Wildman–Crippen MR) is 92.3 cm³/mol. The fourth-order valence-electron chi connectivity index (χ4n) is 2.30. The van der Waals surface area contributed by atoms with Crippen molar-refractivity contribution in [1.82, 2.24) is 15.2 Å². The Labute approximate surface area is 140 Å². The molecule has 0 fully saturated rings. The molecule has 6 nitrogen and oxygen atoms in total. The van der Waals surface area contributed by atoms with Crippen LogP contribution in [0.15, 0.2) is 47.4 Å². The average molecular weight is 327 g/mol. The first-order chi connectivity index (χ1) is 11.6. The van der Waals surface area contributed by atoms with Gasteiger partial charge in [0.05, 0.1) is 12.1 Å². The number of carbonyl (C=O) groups is 2. The van der Waals surface area contributed by atoms with E-state index in [1.165, 1.54) is 23.9 Å². The smallest absolute Gasteiger partial charge is 0.263 e. The first-order valence-corrected chi connectivity index (χ1v) is 7.85. The van der Waals surface area contributed by atoms with Crippen molar-refractivity contribution in [1.29, 1.82) is 0 Å². The highest BCUT2D eigenvalue weighted by Crippen LogP contribution is 2.06. The molecule has 0 spiro atoms. The van der Waals surface area contributed by atoms with Crippen LogP contribution in [0.4, 0.5) is 0 Å². The Morgan fingerprint density at radius 3 is 2.46 bits per heavy atom. The van der Waals surface area contributed by atoms with Gasteiger partial charge < -0.3 is 15.2 Å². The van der Waals surface area contributed by atoms with Crippen LogP contribution in [-0.4, -0.2) is 30.0 Å². The van der Waals surface area contributed by atoms with E-state index in [2.05, 4.69) is 10.6 Å². The van der Waals surface area contributed by atoms with Gasteiger partial charge in [-0.05, 0) is 18.1 Å². The molecule has 2 rings (SSSR count). The van der Waals surface area contributed by atoms with Gasteiger partial charge in [-0.2, -0.15) is 0 Å². The second kappa shape index (κ2) is 8.10. The Morgan fingerprint density at radius 2 is 1.83 bits per heavy atom. The van der Waals surface area contributed by atoms with Gasteiger partial charge in [0.1, 0.15) is 5.56 Å². The van der Waals surface area contributed by atoms with Crippen LogP contribution < -0.4 is 16.2 Å². The van der Waals surface area contributed by atoms with Crippen LogP contribution in [0.5, 0.6) is 0 Å². The van der Waals surface area contributed by atoms with Crippen LogP contribution in [0.25, 0.3) is 0 Å². The maximum atomic E-state index is 12.5. The Balaban J connectivity index is 2.46. The second-order valence-electron chi connectivity index (χ2n) is 5.40. The highest BCUT2D eigenvalue weighted by atomic mass is 16.2. The molecule has 2 aromatic rings. The SMILES string of the molecule is CCCNC(=O)c1cc(C(=O)NC)c(=O)n(Cc2ccccc2)c1. The molecule has 0 atom stereocenters. The molecule has 0 saturated heterocycles. The fraction of sp³-hybridized carbons (Fsp3) is 0.278. The van der Waals surface area contributed by atoms with Crippen LogP contribution >= 0.6 is 0 Å². The number of carbonyl (C=O) groups excluding carboxylic acids is 2. The molecule has 24 heavy (non-hydrogen) atoms. The van der Waals surface area contributed by atoms with E-state index >= 15 is 0 Å². The van der Waals surface area contributed by atoms with E-state index in [1.54, 1.807) is 0 Å². The van der Waals surface area contributed by atoms with Crippen molar-refractivity contribution < 1.29 is 9.59 Å². The normalized spacial score (nSPS) is 10.2. The third kappa shape index (κ3) is 4.10. The second-order valence-corrected chi connectivity index (χ2v) is 5.40. The molecular formula is C18H21N3O3. The lowest BCUT2D eigenvalue weighted by atomic mass is 10.1. The molecule has 2 N–H and O–H groups in total. The molecule has 2 amide bonds. The van der Waals surface area contributed by atoms with Crippen molar-refractivity contribution in [3.05, 3.63) is 69.6 Å². The first-order valence-electron chi connectivity index (χ1n) is 7.85. The van der Waals surface area contributed by atoms with E-state index in [4.69, 9.17) is 0 Å². The molecule has 0 aliphatic rings. The molecule has 126 valence electrons. The van der Waals surface area contributed by atoms with Gasteiger partial charge in [0.25, 0.3) is 17.4 Å². The molecule has 1 aromatic heterocycles. The summed E-state index contributed by atoms with van der Waals surface area (Å²) >= 11 is 0. The van der Waals surface area contributed by atoms with Gasteiger partial charge in [0.15, 0.2) is 0 Å². The largest absolute Gasteiger partial charge is 0.355 e. The number of benzene rings is 1. The molecule has 0 aliphatic carbocycles. The third-order valence-corrected chi connectivity index (χ3v) is 3.55. The molecule has 1 aromatic carbocycles. The number of aromatic nitrogens is 1. The lowest BCUT2D eigenvalue weighted by Gasteiger charge is -2.11. The standard InChI is InChI=1S/C18H21N3O3/c1-3-9-20-16(22)14-10-15(17(23)19-2)18(24)21(12-14)11-13-7-5-4-6-8-13/h4-8,10,12H,3,9,11H2,1-2H3,(H,19,23)(H,20,22). The van der Waals surface area contributed by atoms with Crippen LogP contribution in [0, 0.1) is 0 Å². The third-order valence-electron chi connectivity index (χ3n) is 3.55. The van der Waals surface area contributed by atoms with Crippen molar-refractivity contribution in [3.63, 3.8) is 0 Å². The molecular weight excluding hydrogens is 306 g/mol. The molecule has 0 bridgehead atoms. The summed E-state index contributed by atoms with van der Waals surface area (Å²) in [6.07, 6.45) is 2.30. The quantitative estimate of drug-likeness (QED) is 0.841. The maximum absolute atomic E-state index is 12.5. The Kier molecular flexibility index (Phi) is 5.89. The van der Waals surface area contributed by atoms with Crippen LogP contribution in [-0.2, 0) is 6.54 Å². The summed E-state index contributed by atoms with van der Waals surface area (Å²) in [6, 6.07) is 10.7. The van der Waals surface area contributed by atoms with E-state index in [-0.39, 0.29) is 17.0 Å². The number of amides is 2. The predicted octanol–water partition coefficient (Wildman–Crippen LogP) is 1.40. The first kappa shape index (κ1) is 17.5. The number of hydrogen-bond donors (Lipinski definition) is 2. The minimum absolute atomic E-state index is 0.0439. The average Bonchev–Trinajstić information content (AvgIpc) is 2.61. The molecule has 6 heteroatoms. The van der Waals surface area contributed by atoms with E-state index in [0.717, 1.165) is 12.0 Å². The summed E-state index contributed by atoms with van der Waals surface area (Å²) < 4.78 is 1.39. The van der Waals surface area contributed by atoms with Gasteiger partial charge in [-0.25, -0.2) is 0 Å². The number of nitrogens with zero attached hydrogens (tertiary/aromatic N) is 1. The number of pyridine rings is 1. The summed E-state index contributed by atoms with van der Waals surface area (Å²) in [6.45, 7) is 2.77. The lowest BCUT2D eigenvalue weighted by Crippen LogP contribution is -2.34. The summed E-state index contributed by atoms with van der Waals surface area (Å²) in [4.78, 5) is 36.7. The van der Waals surface area contributed by atoms with Crippen molar-refractivity contribution in [2.24, 2.45) is 0 Å². The number of hydrogen-bond acceptors (Lipinski definition) is 3. The molecule has 0 saturated carbocycles. The summed E-state index contributed by atoms with van der Waals surface area (Å²) in [5.74, 6) is -0.809. The van der Waals surface area contributed by atoms with Crippen molar-refractivity contribution >= 4 is 11.8 Å². The van der Waals surface area contributed by atoms with Gasteiger partial charge in [-0.15, -0.1) is 0 Å². The van der Waals surface area contributed by atoms with E-state index in [1.807, 2.05) is 37.3 Å². The van der Waals surface area contributed by atoms with Crippen molar-refractivity contribution in [2.45, 2.75) is 19.9 Å². The van der Waals surface area contributed by atoms with Crippen molar-refractivity contribution in [3.8, 4) is 0 Å². The van der Waals surface area contributed by atoms with Crippen molar-refractivity contribution in [2.75, 3.05) is 13.6 Å². The van der Waals surface area contributed by atoms with E-state index in [0.29, 0.717) is 13.1 Å². The van der Waals surface area contributed by atoms with E-state index < -0.39 is 11.5 Å². The van der Waals surface area contributed by atoms with Gasteiger partial charge in [-0.3, -0.25) is 14.4 Å². The highest BCUT2D eigenvalue weighted by Gasteiger charge is 2.16. The molecule has 1 heterocycles. The minimum Gasteiger partial charge on any atom is -0.355 e. The number of nitrogens with one attached hydrogen (secondary N) is 2. The van der Waals surface area contributed by atoms with Crippen LogP contribution in [0.1, 0.15) is 39.6 Å². The zero-order chi connectivity index (χ0) is 17.5. The maximum Gasteiger partial charge on any atom is 0.263 e. The van der Waals surface area contributed by atoms with Crippen LogP contribution in [0.3, 0.4) is 0 Å². The summed E-state index contributed by atoms with van der Waals surface area (Å²) in [7, 11) is 1.45. The van der Waals surface area contributed by atoms with Gasteiger partial charge in [-0.1, -0.05) is 37.3 Å². The van der Waals surface area contributed by atoms with Gasteiger partial charge in [0.2, 0.25) is 0 Å². The fourth-order valence-corrected chi connectivity index (χ4v) is 2.30. The Morgan fingerprint density at radius 1 is 1.12 bits per heavy atom. The van der Waals surface area contributed by atoms with E-state index in [9.17, 15) is 14.4 Å². The number of rotatable bonds is 6. The highest BCUT2D eigenvalue weighted by molar-refractivity contribution is 5.99. The molecule has 0 radical (unpaired) electrons. The molecule has 0 unspecified atom stereocenters. The molecule has 0 aliphatic heterocycles. The van der Waals surface area contributed by atoms with Gasteiger partial charge >= 0.3 is 0 Å². The monoisotopic (exact) mass is 327 g/mol. The zero-order valence-electron chi connectivity index (χ0n) is 13.8. The Bertz CT molecular complexity index is 782. The lowest BCUT2D eigenvalue weighted by molar-refractivity contribution is 0.0953. The minimum atomic E-state index is -0.507. The Hall–Kier alpha value is -2.89. The summed E-state index contributed by atoms with van der Waals surface area (Å²) in [5, 5.41) is 5.20.